The predicted molar refractivity (Wildman–Crippen MR) is 37.1 cm³/mol. The van der Waals surface area contributed by atoms with Gasteiger partial charge in [-0.25, -0.2) is 0 Å². The van der Waals surface area contributed by atoms with Gasteiger partial charge in [-0.1, -0.05) is 5.16 Å². The van der Waals surface area contributed by atoms with Crippen LogP contribution in [0.5, 0.6) is 0 Å². The molecule has 0 aliphatic heterocycles. The van der Waals surface area contributed by atoms with Gasteiger partial charge in [0.05, 0.1) is 5.66 Å². The van der Waals surface area contributed by atoms with Crippen molar-refractivity contribution in [3.8, 4) is 0 Å². The van der Waals surface area contributed by atoms with E-state index in [1.54, 1.807) is 13.9 Å². The van der Waals surface area contributed by atoms with Gasteiger partial charge in [-0.15, -0.1) is 0 Å². The van der Waals surface area contributed by atoms with Crippen LogP contribution in [0.3, 0.4) is 0 Å². The average molecular weight is 125 g/mol. The lowest BCUT2D eigenvalue weighted by molar-refractivity contribution is 0.393. The quantitative estimate of drug-likeness (QED) is 0.428. The number of rotatable bonds is 1. The second-order valence-corrected chi connectivity index (χ2v) is 1.98. The van der Waals surface area contributed by atoms with Gasteiger partial charge in [-0.2, -0.15) is 0 Å². The Morgan fingerprint density at radius 3 is 2.67 bits per heavy atom. The molecule has 0 radical (unpaired) electrons. The fraction of sp³-hybridized carbons (Fsp3) is 0.250. The van der Waals surface area contributed by atoms with Gasteiger partial charge >= 0.3 is 0 Å². The number of halogens is 1. The van der Waals surface area contributed by atoms with Crippen molar-refractivity contribution in [3.63, 3.8) is 0 Å². The van der Waals surface area contributed by atoms with E-state index in [-0.39, 0.29) is 0 Å². The minimum Gasteiger partial charge on any atom is -0.372 e. The maximum atomic E-state index is 12.3. The van der Waals surface area contributed by atoms with E-state index in [1.807, 2.05) is 0 Å². The van der Waals surface area contributed by atoms with Gasteiger partial charge in [0.15, 0.2) is 15.7 Å². The van der Waals surface area contributed by atoms with Crippen molar-refractivity contribution < 1.29 is 8.91 Å². The minimum atomic E-state index is -1.03. The van der Waals surface area contributed by atoms with E-state index in [2.05, 4.69) is 9.68 Å². The van der Waals surface area contributed by atoms with Crippen LogP contribution in [0.25, 0.3) is 0 Å². The molecule has 0 saturated heterocycles. The first-order valence-corrected chi connectivity index (χ1v) is 2.77. The Labute approximate surface area is 54.2 Å². The van der Waals surface area contributed by atoms with Gasteiger partial charge in [-0.3, -0.25) is 4.39 Å². The van der Waals surface area contributed by atoms with Gasteiger partial charge < -0.3 is 4.52 Å². The SMILES string of the molecule is Bc1cc([C@H](B)F)no1. The van der Waals surface area contributed by atoms with Crippen LogP contribution in [0.4, 0.5) is 4.39 Å². The summed E-state index contributed by atoms with van der Waals surface area (Å²) in [5.74, 6) is 0. The summed E-state index contributed by atoms with van der Waals surface area (Å²) in [6.45, 7) is 0. The van der Waals surface area contributed by atoms with Crippen LogP contribution in [0.2, 0.25) is 0 Å². The fourth-order valence-electron chi connectivity index (χ4n) is 0.573. The molecular weight excluding hydrogens is 119 g/mol. The van der Waals surface area contributed by atoms with Crippen LogP contribution in [-0.4, -0.2) is 20.8 Å². The molecule has 1 rings (SSSR count). The lowest BCUT2D eigenvalue weighted by Crippen LogP contribution is -1.95. The Morgan fingerprint density at radius 1 is 1.78 bits per heavy atom. The highest BCUT2D eigenvalue weighted by molar-refractivity contribution is 6.29. The lowest BCUT2D eigenvalue weighted by Gasteiger charge is -1.88. The first-order valence-electron chi connectivity index (χ1n) is 2.77. The Kier molecular flexibility index (Phi) is 1.60. The molecule has 9 heavy (non-hydrogen) atoms. The highest BCUT2D eigenvalue weighted by Crippen LogP contribution is 2.07. The average Bonchev–Trinajstić information content (AvgIpc) is 2.14. The van der Waals surface area contributed by atoms with Crippen LogP contribution in [0.1, 0.15) is 11.8 Å². The smallest absolute Gasteiger partial charge is 0.190 e. The fourth-order valence-corrected chi connectivity index (χ4v) is 0.573. The molecule has 0 saturated carbocycles. The molecule has 0 amide bonds. The van der Waals surface area contributed by atoms with Crippen molar-refractivity contribution in [1.82, 2.24) is 5.16 Å². The Morgan fingerprint density at radius 2 is 2.44 bits per heavy atom. The van der Waals surface area contributed by atoms with E-state index < -0.39 is 6.07 Å². The van der Waals surface area contributed by atoms with E-state index in [9.17, 15) is 4.39 Å². The molecule has 0 bridgehead atoms. The number of alkyl halides is 1. The molecule has 0 fully saturated rings. The molecule has 1 atom stereocenters. The molecule has 0 aromatic carbocycles. The molecule has 5 heteroatoms. The van der Waals surface area contributed by atoms with Crippen LogP contribution >= 0.6 is 0 Å². The second-order valence-electron chi connectivity index (χ2n) is 1.98. The zero-order valence-corrected chi connectivity index (χ0v) is 5.39. The summed E-state index contributed by atoms with van der Waals surface area (Å²) in [6, 6.07) is 1.59. The summed E-state index contributed by atoms with van der Waals surface area (Å²) in [6.07, 6.45) is -1.03. The molecule has 46 valence electrons. The monoisotopic (exact) mass is 125 g/mol. The van der Waals surface area contributed by atoms with Gasteiger partial charge in [-0.05, 0) is 6.07 Å². The third-order valence-corrected chi connectivity index (χ3v) is 1.05. The summed E-state index contributed by atoms with van der Waals surface area (Å²) < 4.78 is 17.0. The van der Waals surface area contributed by atoms with Crippen molar-refractivity contribution >= 4 is 21.4 Å². The van der Waals surface area contributed by atoms with E-state index in [0.29, 0.717) is 11.4 Å². The Hall–Kier alpha value is -0.730. The second kappa shape index (κ2) is 2.25. The topological polar surface area (TPSA) is 26.0 Å². The van der Waals surface area contributed by atoms with Gasteiger partial charge in [0.25, 0.3) is 0 Å². The minimum absolute atomic E-state index is 0.368. The van der Waals surface area contributed by atoms with Crippen LogP contribution in [0.15, 0.2) is 10.6 Å². The molecule has 2 nitrogen and oxygen atoms in total. The lowest BCUT2D eigenvalue weighted by atomic mass is 9.97. The Balaban J connectivity index is 2.85. The standard InChI is InChI=1S/C4H6B2FNO/c5-3-1-2(4(6)7)8-9-3/h1,4H,5-6H2/t4-/m1/s1. The molecule has 0 unspecified atom stereocenters. The van der Waals surface area contributed by atoms with Crippen LogP contribution in [0, 0.1) is 0 Å². The molecule has 1 aromatic rings. The molecular formula is C4H6B2FNO. The highest BCUT2D eigenvalue weighted by Gasteiger charge is 2.06. The first kappa shape index (κ1) is 6.39. The van der Waals surface area contributed by atoms with Crippen LogP contribution in [-0.2, 0) is 0 Å². The largest absolute Gasteiger partial charge is 0.372 e. The summed E-state index contributed by atoms with van der Waals surface area (Å²) in [5.41, 5.74) is 1.02. The zero-order chi connectivity index (χ0) is 6.85. The van der Waals surface area contributed by atoms with Gasteiger partial charge in [0.1, 0.15) is 11.8 Å². The summed E-state index contributed by atoms with van der Waals surface area (Å²) in [5, 5.41) is 3.47. The number of hydrogen-bond acceptors (Lipinski definition) is 2. The first-order chi connectivity index (χ1) is 4.20. The number of aromatic nitrogens is 1. The molecule has 1 aromatic heterocycles. The van der Waals surface area contributed by atoms with E-state index >= 15 is 0 Å². The normalized spacial score (nSPS) is 13.4. The molecule has 0 N–H and O–H groups in total. The Bertz CT molecular complexity index is 200. The van der Waals surface area contributed by atoms with Crippen molar-refractivity contribution in [2.24, 2.45) is 0 Å². The van der Waals surface area contributed by atoms with Crippen molar-refractivity contribution in [2.45, 2.75) is 6.07 Å². The van der Waals surface area contributed by atoms with Gasteiger partial charge in [0.2, 0.25) is 0 Å². The number of nitrogens with zero attached hydrogens (tertiary/aromatic N) is 1. The zero-order valence-electron chi connectivity index (χ0n) is 5.39. The molecule has 0 aliphatic rings. The summed E-state index contributed by atoms with van der Waals surface area (Å²) in [7, 11) is 3.16. The van der Waals surface area contributed by atoms with Gasteiger partial charge in [0, 0.05) is 0 Å². The van der Waals surface area contributed by atoms with Crippen molar-refractivity contribution in [3.05, 3.63) is 11.8 Å². The van der Waals surface area contributed by atoms with Crippen molar-refractivity contribution in [1.29, 1.82) is 0 Å². The molecule has 0 aliphatic carbocycles. The third-order valence-electron chi connectivity index (χ3n) is 1.05. The molecule has 0 spiro atoms. The van der Waals surface area contributed by atoms with E-state index in [0.717, 1.165) is 0 Å². The van der Waals surface area contributed by atoms with E-state index in [1.165, 1.54) is 7.85 Å². The van der Waals surface area contributed by atoms with E-state index in [4.69, 9.17) is 0 Å². The van der Waals surface area contributed by atoms with Crippen molar-refractivity contribution in [2.75, 3.05) is 0 Å². The van der Waals surface area contributed by atoms with Crippen LogP contribution < -0.4 is 5.66 Å². The third kappa shape index (κ3) is 1.34. The summed E-state index contributed by atoms with van der Waals surface area (Å²) >= 11 is 0. The highest BCUT2D eigenvalue weighted by atomic mass is 19.1. The maximum absolute atomic E-state index is 12.3. The molecule has 1 heterocycles. The maximum Gasteiger partial charge on any atom is 0.190 e. The summed E-state index contributed by atoms with van der Waals surface area (Å²) in [4.78, 5) is 0. The number of hydrogen-bond donors (Lipinski definition) is 0. The predicted octanol–water partition coefficient (Wildman–Crippen LogP) is -1.47.